The van der Waals surface area contributed by atoms with Gasteiger partial charge in [0.15, 0.2) is 0 Å². The van der Waals surface area contributed by atoms with Crippen molar-refractivity contribution in [1.29, 1.82) is 0 Å². The second-order valence-electron chi connectivity index (χ2n) is 1.68. The van der Waals surface area contributed by atoms with Crippen molar-refractivity contribution in [2.75, 3.05) is 5.88 Å². The van der Waals surface area contributed by atoms with Crippen molar-refractivity contribution in [3.05, 3.63) is 11.1 Å². The molecule has 1 rings (SSSR count). The molecule has 0 aromatic rings. The van der Waals surface area contributed by atoms with E-state index in [9.17, 15) is 0 Å². The van der Waals surface area contributed by atoms with Crippen LogP contribution in [-0.2, 0) is 0 Å². The van der Waals surface area contributed by atoms with Crippen LogP contribution in [0.5, 0.6) is 0 Å². The standard InChI is InChI=1S/C5H8ClNS/c1-4-3-7-5(2-6)8-4/h3,5,7H,2H2,1H3. The molecule has 0 aromatic carbocycles. The Hall–Kier alpha value is 0.180. The quantitative estimate of drug-likeness (QED) is 0.571. The summed E-state index contributed by atoms with van der Waals surface area (Å²) in [6.45, 7) is 2.07. The van der Waals surface area contributed by atoms with Crippen LogP contribution in [-0.4, -0.2) is 11.3 Å². The molecule has 0 aliphatic carbocycles. The molecule has 0 saturated carbocycles. The van der Waals surface area contributed by atoms with E-state index in [1.165, 1.54) is 4.91 Å². The molecule has 0 bridgehead atoms. The first kappa shape index (κ1) is 6.30. The van der Waals surface area contributed by atoms with Gasteiger partial charge in [-0.15, -0.1) is 23.4 Å². The average Bonchev–Trinajstić information content (AvgIpc) is 2.14. The summed E-state index contributed by atoms with van der Waals surface area (Å²) in [6, 6.07) is 0. The highest BCUT2D eigenvalue weighted by atomic mass is 35.5. The van der Waals surface area contributed by atoms with Crippen LogP contribution in [0.1, 0.15) is 6.92 Å². The molecule has 1 N–H and O–H groups in total. The molecule has 0 fully saturated rings. The summed E-state index contributed by atoms with van der Waals surface area (Å²) >= 11 is 7.34. The molecule has 0 spiro atoms. The first-order chi connectivity index (χ1) is 3.83. The number of rotatable bonds is 1. The van der Waals surface area contributed by atoms with Crippen LogP contribution < -0.4 is 5.32 Å². The molecule has 0 amide bonds. The zero-order chi connectivity index (χ0) is 5.98. The fraction of sp³-hybridized carbons (Fsp3) is 0.600. The lowest BCUT2D eigenvalue weighted by Crippen LogP contribution is -2.16. The van der Waals surface area contributed by atoms with E-state index in [1.54, 1.807) is 11.8 Å². The van der Waals surface area contributed by atoms with Crippen LogP contribution in [0.15, 0.2) is 11.1 Å². The van der Waals surface area contributed by atoms with Gasteiger partial charge in [-0.2, -0.15) is 0 Å². The molecule has 46 valence electrons. The van der Waals surface area contributed by atoms with E-state index < -0.39 is 0 Å². The molecule has 1 nitrogen and oxygen atoms in total. The van der Waals surface area contributed by atoms with Gasteiger partial charge in [-0.05, 0) is 11.8 Å². The van der Waals surface area contributed by atoms with E-state index in [1.807, 2.05) is 6.20 Å². The number of hydrogen-bond acceptors (Lipinski definition) is 2. The van der Waals surface area contributed by atoms with Crippen molar-refractivity contribution >= 4 is 23.4 Å². The second kappa shape index (κ2) is 2.65. The Morgan fingerprint density at radius 1 is 2.00 bits per heavy atom. The third-order valence-corrected chi connectivity index (χ3v) is 2.51. The van der Waals surface area contributed by atoms with Crippen molar-refractivity contribution in [2.24, 2.45) is 0 Å². The van der Waals surface area contributed by atoms with Crippen LogP contribution in [0.4, 0.5) is 0 Å². The molecule has 1 aliphatic heterocycles. The summed E-state index contributed by atoms with van der Waals surface area (Å²) in [5.41, 5.74) is 0. The zero-order valence-corrected chi connectivity index (χ0v) is 6.22. The largest absolute Gasteiger partial charge is 0.377 e. The fourth-order valence-electron chi connectivity index (χ4n) is 0.579. The maximum atomic E-state index is 5.56. The minimum Gasteiger partial charge on any atom is -0.377 e. The highest BCUT2D eigenvalue weighted by Gasteiger charge is 2.11. The van der Waals surface area contributed by atoms with Gasteiger partial charge in [0, 0.05) is 6.20 Å². The lowest BCUT2D eigenvalue weighted by molar-refractivity contribution is 0.879. The van der Waals surface area contributed by atoms with Gasteiger partial charge in [0.2, 0.25) is 0 Å². The SMILES string of the molecule is CC1=CNC(CCl)S1. The Kier molecular flexibility index (Phi) is 2.08. The van der Waals surface area contributed by atoms with E-state index in [2.05, 4.69) is 12.2 Å². The Balaban J connectivity index is 2.32. The maximum absolute atomic E-state index is 5.56. The summed E-state index contributed by atoms with van der Waals surface area (Å²) in [5.74, 6) is 0.679. The van der Waals surface area contributed by atoms with Gasteiger partial charge in [0.1, 0.15) is 0 Å². The number of thioether (sulfide) groups is 1. The Labute approximate surface area is 58.5 Å². The van der Waals surface area contributed by atoms with E-state index >= 15 is 0 Å². The van der Waals surface area contributed by atoms with Crippen LogP contribution in [0, 0.1) is 0 Å². The van der Waals surface area contributed by atoms with E-state index in [0.29, 0.717) is 11.3 Å². The second-order valence-corrected chi connectivity index (χ2v) is 3.44. The summed E-state index contributed by atoms with van der Waals surface area (Å²) in [5, 5.41) is 3.54. The third-order valence-electron chi connectivity index (χ3n) is 0.941. The summed E-state index contributed by atoms with van der Waals surface area (Å²) < 4.78 is 0. The maximum Gasteiger partial charge on any atom is 0.0898 e. The first-order valence-electron chi connectivity index (χ1n) is 2.48. The monoisotopic (exact) mass is 149 g/mol. The molecule has 1 unspecified atom stereocenters. The van der Waals surface area contributed by atoms with Crippen molar-refractivity contribution in [2.45, 2.75) is 12.3 Å². The Morgan fingerprint density at radius 2 is 2.75 bits per heavy atom. The summed E-state index contributed by atoms with van der Waals surface area (Å²) in [7, 11) is 0. The van der Waals surface area contributed by atoms with Gasteiger partial charge in [-0.25, -0.2) is 0 Å². The van der Waals surface area contributed by atoms with Crippen LogP contribution in [0.25, 0.3) is 0 Å². The number of nitrogens with one attached hydrogen (secondary N) is 1. The van der Waals surface area contributed by atoms with Gasteiger partial charge < -0.3 is 5.32 Å². The first-order valence-corrected chi connectivity index (χ1v) is 3.90. The molecule has 8 heavy (non-hydrogen) atoms. The summed E-state index contributed by atoms with van der Waals surface area (Å²) in [4.78, 5) is 1.32. The molecular formula is C5H8ClNS. The minimum atomic E-state index is 0.414. The number of halogens is 1. The number of alkyl halides is 1. The Bertz CT molecular complexity index is 113. The fourth-order valence-corrected chi connectivity index (χ4v) is 1.64. The predicted octanol–water partition coefficient (Wildman–Crippen LogP) is 1.75. The smallest absolute Gasteiger partial charge is 0.0898 e. The molecule has 1 aliphatic rings. The predicted molar refractivity (Wildman–Crippen MR) is 39.0 cm³/mol. The molecule has 0 aromatic heterocycles. The highest BCUT2D eigenvalue weighted by Crippen LogP contribution is 2.24. The number of allylic oxidation sites excluding steroid dienone is 1. The average molecular weight is 150 g/mol. The molecule has 0 saturated heterocycles. The zero-order valence-electron chi connectivity index (χ0n) is 4.65. The topological polar surface area (TPSA) is 12.0 Å². The minimum absolute atomic E-state index is 0.414. The highest BCUT2D eigenvalue weighted by molar-refractivity contribution is 8.03. The molecule has 1 heterocycles. The lowest BCUT2D eigenvalue weighted by Gasteiger charge is -2.02. The summed E-state index contributed by atoms with van der Waals surface area (Å²) in [6.07, 6.45) is 2.00. The van der Waals surface area contributed by atoms with E-state index in [0.717, 1.165) is 0 Å². The van der Waals surface area contributed by atoms with Crippen molar-refractivity contribution in [3.8, 4) is 0 Å². The molecule has 1 atom stereocenters. The normalized spacial score (nSPS) is 27.2. The molecule has 3 heteroatoms. The van der Waals surface area contributed by atoms with Crippen LogP contribution >= 0.6 is 23.4 Å². The van der Waals surface area contributed by atoms with Gasteiger partial charge in [-0.1, -0.05) is 0 Å². The van der Waals surface area contributed by atoms with Gasteiger partial charge >= 0.3 is 0 Å². The van der Waals surface area contributed by atoms with Crippen molar-refractivity contribution in [3.63, 3.8) is 0 Å². The molecular weight excluding hydrogens is 142 g/mol. The van der Waals surface area contributed by atoms with E-state index in [-0.39, 0.29) is 0 Å². The number of hydrogen-bond donors (Lipinski definition) is 1. The lowest BCUT2D eigenvalue weighted by atomic mass is 10.6. The van der Waals surface area contributed by atoms with E-state index in [4.69, 9.17) is 11.6 Å². The van der Waals surface area contributed by atoms with Gasteiger partial charge in [0.25, 0.3) is 0 Å². The van der Waals surface area contributed by atoms with Crippen molar-refractivity contribution in [1.82, 2.24) is 5.32 Å². The Morgan fingerprint density at radius 3 is 3.00 bits per heavy atom. The van der Waals surface area contributed by atoms with Crippen LogP contribution in [0.2, 0.25) is 0 Å². The van der Waals surface area contributed by atoms with Crippen molar-refractivity contribution < 1.29 is 0 Å². The van der Waals surface area contributed by atoms with Gasteiger partial charge in [0.05, 0.1) is 11.3 Å². The van der Waals surface area contributed by atoms with Gasteiger partial charge in [-0.3, -0.25) is 0 Å². The van der Waals surface area contributed by atoms with Crippen LogP contribution in [0.3, 0.4) is 0 Å². The third kappa shape index (κ3) is 1.33. The molecule has 0 radical (unpaired) electrons.